The molecule has 3 aromatic carbocycles. The number of nitrogens with zero attached hydrogens (tertiary/aromatic N) is 2. The van der Waals surface area contributed by atoms with E-state index in [9.17, 15) is 9.59 Å². The highest BCUT2D eigenvalue weighted by molar-refractivity contribution is 5.90. The zero-order chi connectivity index (χ0) is 21.6. The molecule has 4 aromatic rings. The van der Waals surface area contributed by atoms with Crippen LogP contribution in [0.1, 0.15) is 17.0 Å². The van der Waals surface area contributed by atoms with Crippen LogP contribution in [0.5, 0.6) is 0 Å². The topological polar surface area (TPSA) is 78.1 Å². The Balaban J connectivity index is 1.59. The van der Waals surface area contributed by atoms with Crippen LogP contribution in [0, 0.1) is 6.92 Å². The van der Waals surface area contributed by atoms with Gasteiger partial charge in [-0.3, -0.25) is 4.79 Å². The number of carbonyl (C=O) groups is 1. The second-order valence-corrected chi connectivity index (χ2v) is 7.43. The SMILES string of the molecule is Cc1ccccc1NC(=O)N(CCc1ccccc1)Cc1nc2ccccc2c(=O)[nH]1. The Morgan fingerprint density at radius 3 is 2.48 bits per heavy atom. The van der Waals surface area contributed by atoms with Gasteiger partial charge in [-0.1, -0.05) is 60.7 Å². The fourth-order valence-corrected chi connectivity index (χ4v) is 3.46. The molecule has 0 unspecified atom stereocenters. The third-order valence-electron chi connectivity index (χ3n) is 5.19. The third-order valence-corrected chi connectivity index (χ3v) is 5.19. The molecule has 1 aromatic heterocycles. The van der Waals surface area contributed by atoms with Gasteiger partial charge in [0, 0.05) is 12.2 Å². The van der Waals surface area contributed by atoms with Crippen LogP contribution in [-0.4, -0.2) is 27.4 Å². The van der Waals surface area contributed by atoms with E-state index < -0.39 is 0 Å². The number of carbonyl (C=O) groups excluding carboxylic acids is 1. The molecule has 0 saturated carbocycles. The van der Waals surface area contributed by atoms with Crippen LogP contribution < -0.4 is 10.9 Å². The Bertz CT molecular complexity index is 1250. The lowest BCUT2D eigenvalue weighted by Crippen LogP contribution is -2.37. The number of rotatable bonds is 6. The number of benzene rings is 3. The zero-order valence-corrected chi connectivity index (χ0v) is 17.3. The summed E-state index contributed by atoms with van der Waals surface area (Å²) in [6.45, 7) is 2.63. The van der Waals surface area contributed by atoms with E-state index in [1.807, 2.05) is 67.6 Å². The largest absolute Gasteiger partial charge is 0.322 e. The third kappa shape index (κ3) is 4.98. The van der Waals surface area contributed by atoms with Crippen molar-refractivity contribution in [3.63, 3.8) is 0 Å². The summed E-state index contributed by atoms with van der Waals surface area (Å²) >= 11 is 0. The molecule has 156 valence electrons. The minimum absolute atomic E-state index is 0.199. The number of aromatic amines is 1. The smallest absolute Gasteiger partial charge is 0.317 e. The molecule has 31 heavy (non-hydrogen) atoms. The van der Waals surface area contributed by atoms with Gasteiger partial charge in [0.1, 0.15) is 5.82 Å². The lowest BCUT2D eigenvalue weighted by molar-refractivity contribution is 0.208. The van der Waals surface area contributed by atoms with E-state index in [0.717, 1.165) is 16.8 Å². The monoisotopic (exact) mass is 412 g/mol. The molecule has 2 amide bonds. The van der Waals surface area contributed by atoms with Gasteiger partial charge in [0.2, 0.25) is 0 Å². The molecule has 2 N–H and O–H groups in total. The first kappa shape index (κ1) is 20.3. The van der Waals surface area contributed by atoms with Crippen molar-refractivity contribution in [3.8, 4) is 0 Å². The van der Waals surface area contributed by atoms with Gasteiger partial charge in [0.05, 0.1) is 17.4 Å². The highest BCUT2D eigenvalue weighted by Crippen LogP contribution is 2.15. The van der Waals surface area contributed by atoms with Gasteiger partial charge >= 0.3 is 6.03 Å². The van der Waals surface area contributed by atoms with Crippen LogP contribution in [0.4, 0.5) is 10.5 Å². The number of urea groups is 1. The van der Waals surface area contributed by atoms with Crippen molar-refractivity contribution in [1.82, 2.24) is 14.9 Å². The van der Waals surface area contributed by atoms with Crippen LogP contribution in [-0.2, 0) is 13.0 Å². The van der Waals surface area contributed by atoms with Crippen molar-refractivity contribution >= 4 is 22.6 Å². The van der Waals surface area contributed by atoms with Gasteiger partial charge in [0.15, 0.2) is 0 Å². The molecular formula is C25H24N4O2. The van der Waals surface area contributed by atoms with E-state index in [-0.39, 0.29) is 18.1 Å². The second-order valence-electron chi connectivity index (χ2n) is 7.43. The maximum Gasteiger partial charge on any atom is 0.322 e. The average molecular weight is 412 g/mol. The molecular weight excluding hydrogens is 388 g/mol. The summed E-state index contributed by atoms with van der Waals surface area (Å²) in [6.07, 6.45) is 0.694. The molecule has 0 spiro atoms. The average Bonchev–Trinajstić information content (AvgIpc) is 2.79. The summed E-state index contributed by atoms with van der Waals surface area (Å²) in [5.41, 5.74) is 3.29. The second kappa shape index (κ2) is 9.26. The van der Waals surface area contributed by atoms with E-state index >= 15 is 0 Å². The first-order chi connectivity index (χ1) is 15.1. The number of nitrogens with one attached hydrogen (secondary N) is 2. The van der Waals surface area contributed by atoms with Crippen molar-refractivity contribution in [2.45, 2.75) is 19.9 Å². The number of amides is 2. The van der Waals surface area contributed by atoms with E-state index in [1.54, 1.807) is 23.1 Å². The molecule has 0 aliphatic carbocycles. The van der Waals surface area contributed by atoms with E-state index in [0.29, 0.717) is 29.7 Å². The zero-order valence-electron chi connectivity index (χ0n) is 17.3. The molecule has 1 heterocycles. The van der Waals surface area contributed by atoms with Crippen LogP contribution in [0.2, 0.25) is 0 Å². The van der Waals surface area contributed by atoms with Gasteiger partial charge in [-0.25, -0.2) is 9.78 Å². The predicted molar refractivity (Wildman–Crippen MR) is 123 cm³/mol. The minimum Gasteiger partial charge on any atom is -0.317 e. The maximum absolute atomic E-state index is 13.1. The number of aryl methyl sites for hydroxylation is 1. The number of fused-ring (bicyclic) bond motifs is 1. The Morgan fingerprint density at radius 2 is 1.68 bits per heavy atom. The number of hydrogen-bond donors (Lipinski definition) is 2. The highest BCUT2D eigenvalue weighted by atomic mass is 16.2. The predicted octanol–water partition coefficient (Wildman–Crippen LogP) is 4.51. The standard InChI is InChI=1S/C25H24N4O2/c1-18-9-5-7-13-21(18)27-25(31)29(16-15-19-10-3-2-4-11-19)17-23-26-22-14-8-6-12-20(22)24(30)28-23/h2-14H,15-17H2,1H3,(H,27,31)(H,26,28,30). The van der Waals surface area contributed by atoms with Crippen LogP contribution in [0.3, 0.4) is 0 Å². The normalized spacial score (nSPS) is 10.7. The molecule has 6 heteroatoms. The summed E-state index contributed by atoms with van der Waals surface area (Å²) in [5, 5.41) is 3.52. The van der Waals surface area contributed by atoms with Gasteiger partial charge in [-0.05, 0) is 42.7 Å². The minimum atomic E-state index is -0.235. The summed E-state index contributed by atoms with van der Waals surface area (Å²) in [5.74, 6) is 0.455. The van der Waals surface area contributed by atoms with Gasteiger partial charge in [0.25, 0.3) is 5.56 Å². The number of aromatic nitrogens is 2. The first-order valence-electron chi connectivity index (χ1n) is 10.2. The molecule has 0 aliphatic rings. The Kier molecular flexibility index (Phi) is 6.08. The van der Waals surface area contributed by atoms with E-state index in [4.69, 9.17) is 0 Å². The number of anilines is 1. The summed E-state index contributed by atoms with van der Waals surface area (Å²) in [4.78, 5) is 34.6. The molecule has 6 nitrogen and oxygen atoms in total. The maximum atomic E-state index is 13.1. The molecule has 0 bridgehead atoms. The number of hydrogen-bond acceptors (Lipinski definition) is 3. The van der Waals surface area contributed by atoms with Crippen molar-refractivity contribution in [2.75, 3.05) is 11.9 Å². The quantitative estimate of drug-likeness (QED) is 0.489. The highest BCUT2D eigenvalue weighted by Gasteiger charge is 2.17. The van der Waals surface area contributed by atoms with Gasteiger partial charge in [-0.2, -0.15) is 0 Å². The van der Waals surface area contributed by atoms with Crippen molar-refractivity contribution < 1.29 is 4.79 Å². The van der Waals surface area contributed by atoms with Crippen molar-refractivity contribution in [1.29, 1.82) is 0 Å². The summed E-state index contributed by atoms with van der Waals surface area (Å²) in [7, 11) is 0. The summed E-state index contributed by atoms with van der Waals surface area (Å²) < 4.78 is 0. The number of para-hydroxylation sites is 2. The molecule has 0 radical (unpaired) electrons. The van der Waals surface area contributed by atoms with E-state index in [2.05, 4.69) is 15.3 Å². The fourth-order valence-electron chi connectivity index (χ4n) is 3.46. The lowest BCUT2D eigenvalue weighted by atomic mass is 10.1. The molecule has 0 saturated heterocycles. The molecule has 4 rings (SSSR count). The molecule has 0 atom stereocenters. The fraction of sp³-hybridized carbons (Fsp3) is 0.160. The summed E-state index contributed by atoms with van der Waals surface area (Å²) in [6, 6.07) is 24.6. The van der Waals surface area contributed by atoms with Crippen LogP contribution in [0.25, 0.3) is 10.9 Å². The van der Waals surface area contributed by atoms with Crippen LogP contribution >= 0.6 is 0 Å². The Hall–Kier alpha value is -3.93. The Labute approximate surface area is 180 Å². The lowest BCUT2D eigenvalue weighted by Gasteiger charge is -2.23. The van der Waals surface area contributed by atoms with E-state index in [1.165, 1.54) is 0 Å². The Morgan fingerprint density at radius 1 is 0.968 bits per heavy atom. The van der Waals surface area contributed by atoms with Gasteiger partial charge < -0.3 is 15.2 Å². The molecule has 0 fully saturated rings. The van der Waals surface area contributed by atoms with Crippen molar-refractivity contribution in [2.24, 2.45) is 0 Å². The van der Waals surface area contributed by atoms with Gasteiger partial charge in [-0.15, -0.1) is 0 Å². The number of H-pyrrole nitrogens is 1. The molecule has 0 aliphatic heterocycles. The van der Waals surface area contributed by atoms with Crippen LogP contribution in [0.15, 0.2) is 83.7 Å². The van der Waals surface area contributed by atoms with Crippen molar-refractivity contribution in [3.05, 3.63) is 106 Å². The first-order valence-corrected chi connectivity index (χ1v) is 10.2.